The lowest BCUT2D eigenvalue weighted by Gasteiger charge is -2.31. The average molecular weight is 416 g/mol. The van der Waals surface area contributed by atoms with Crippen LogP contribution in [0.15, 0.2) is 22.7 Å². The number of carbonyl (C=O) groups excluding carboxylic acids is 2. The summed E-state index contributed by atoms with van der Waals surface area (Å²) in [6, 6.07) is 5.85. The van der Waals surface area contributed by atoms with Crippen molar-refractivity contribution >= 4 is 35.8 Å². The third-order valence-corrected chi connectivity index (χ3v) is 6.40. The molecule has 0 N–H and O–H groups in total. The highest BCUT2D eigenvalue weighted by Gasteiger charge is 2.36. The van der Waals surface area contributed by atoms with E-state index in [1.54, 1.807) is 18.2 Å². The molecule has 1 heterocycles. The highest BCUT2D eigenvalue weighted by molar-refractivity contribution is 9.10. The van der Waals surface area contributed by atoms with Crippen LogP contribution in [0, 0.1) is 5.82 Å². The van der Waals surface area contributed by atoms with Crippen molar-refractivity contribution in [2.24, 2.45) is 0 Å². The highest BCUT2D eigenvalue weighted by atomic mass is 79.9. The number of piperidine rings is 1. The molecule has 2 rings (SSSR count). The van der Waals surface area contributed by atoms with Gasteiger partial charge in [0.25, 0.3) is 0 Å². The fraction of sp³-hybridized carbons (Fsp3) is 0.529. The molecule has 1 aromatic carbocycles. The first-order chi connectivity index (χ1) is 11.2. The Balaban J connectivity index is 2.05. The van der Waals surface area contributed by atoms with E-state index in [2.05, 4.69) is 35.6 Å². The molecule has 1 saturated heterocycles. The summed E-state index contributed by atoms with van der Waals surface area (Å²) in [4.78, 5) is 25.8. The second-order valence-corrected chi connectivity index (χ2v) is 13.7. The Morgan fingerprint density at radius 3 is 2.71 bits per heavy atom. The van der Waals surface area contributed by atoms with Crippen molar-refractivity contribution in [3.63, 3.8) is 0 Å². The smallest absolute Gasteiger partial charge is 0.238 e. The van der Waals surface area contributed by atoms with Gasteiger partial charge in [-0.2, -0.15) is 0 Å². The molecule has 0 aliphatic carbocycles. The maximum absolute atomic E-state index is 14.3. The first-order valence-electron chi connectivity index (χ1n) is 8.06. The van der Waals surface area contributed by atoms with Gasteiger partial charge in [-0.3, -0.25) is 14.5 Å². The van der Waals surface area contributed by atoms with Gasteiger partial charge >= 0.3 is 0 Å². The molecule has 2 amide bonds. The zero-order valence-electron chi connectivity index (χ0n) is 14.3. The molecular weight excluding hydrogens is 393 g/mol. The molecule has 1 aromatic rings. The van der Waals surface area contributed by atoms with E-state index in [1.165, 1.54) is 0 Å². The number of benzene rings is 1. The number of likely N-dealkylation sites (tertiary alicyclic amines) is 1. The molecule has 0 radical (unpaired) electrons. The Morgan fingerprint density at radius 2 is 2.04 bits per heavy atom. The maximum Gasteiger partial charge on any atom is 0.238 e. The van der Waals surface area contributed by atoms with Crippen LogP contribution in [0.4, 0.5) is 4.39 Å². The molecule has 0 bridgehead atoms. The third kappa shape index (κ3) is 4.74. The lowest BCUT2D eigenvalue weighted by molar-refractivity contribution is -0.155. The van der Waals surface area contributed by atoms with E-state index >= 15 is 0 Å². The molecule has 1 fully saturated rings. The first kappa shape index (κ1) is 19.3. The summed E-state index contributed by atoms with van der Waals surface area (Å²) in [5.41, 5.74) is 0.328. The Kier molecular flexibility index (Phi) is 6.33. The standard InChI is InChI=1S/C17H23BrFNO3Si/c1-24(2,3)10-9-23-11-20-15(21)8-7-13(17(20)22)12-5-4-6-14(18)16(12)19/h4-6,13H,7-11H2,1-3H3. The normalized spacial score (nSPS) is 19.0. The number of hydrogen-bond donors (Lipinski definition) is 0. The second kappa shape index (κ2) is 7.88. The summed E-state index contributed by atoms with van der Waals surface area (Å²) in [5.74, 6) is -1.71. The van der Waals surface area contributed by atoms with Gasteiger partial charge in [-0.1, -0.05) is 31.8 Å². The van der Waals surface area contributed by atoms with Gasteiger partial charge in [-0.15, -0.1) is 0 Å². The third-order valence-electron chi connectivity index (χ3n) is 4.09. The quantitative estimate of drug-likeness (QED) is 0.398. The predicted molar refractivity (Wildman–Crippen MR) is 96.9 cm³/mol. The molecule has 1 aliphatic heterocycles. The van der Waals surface area contributed by atoms with Crippen LogP contribution in [0.5, 0.6) is 0 Å². The second-order valence-electron chi connectivity index (χ2n) is 7.24. The number of halogens is 2. The molecule has 0 spiro atoms. The number of hydrogen-bond acceptors (Lipinski definition) is 3. The van der Waals surface area contributed by atoms with Gasteiger partial charge in [0.15, 0.2) is 0 Å². The minimum atomic E-state index is -1.23. The number of imide groups is 1. The Bertz CT molecular complexity index is 633. The first-order valence-corrected chi connectivity index (χ1v) is 12.6. The lowest BCUT2D eigenvalue weighted by Crippen LogP contribution is -2.45. The lowest BCUT2D eigenvalue weighted by atomic mass is 9.89. The highest BCUT2D eigenvalue weighted by Crippen LogP contribution is 2.32. The van der Waals surface area contributed by atoms with Gasteiger partial charge in [0.1, 0.15) is 12.5 Å². The number of ether oxygens (including phenoxy) is 1. The molecule has 1 unspecified atom stereocenters. The predicted octanol–water partition coefficient (Wildman–Crippen LogP) is 4.13. The van der Waals surface area contributed by atoms with Crippen molar-refractivity contribution in [3.8, 4) is 0 Å². The van der Waals surface area contributed by atoms with Crippen molar-refractivity contribution in [3.05, 3.63) is 34.1 Å². The number of nitrogens with zero attached hydrogens (tertiary/aromatic N) is 1. The van der Waals surface area contributed by atoms with Crippen molar-refractivity contribution in [1.82, 2.24) is 4.90 Å². The van der Waals surface area contributed by atoms with E-state index in [9.17, 15) is 14.0 Å². The maximum atomic E-state index is 14.3. The van der Waals surface area contributed by atoms with Crippen LogP contribution in [0.2, 0.25) is 25.7 Å². The van der Waals surface area contributed by atoms with Gasteiger partial charge in [-0.05, 0) is 34.5 Å². The fourth-order valence-corrected chi connectivity index (χ4v) is 3.72. The zero-order chi connectivity index (χ0) is 17.9. The van der Waals surface area contributed by atoms with Gasteiger partial charge in [0.05, 0.1) is 10.4 Å². The Hall–Kier alpha value is -1.05. The summed E-state index contributed by atoms with van der Waals surface area (Å²) >= 11 is 3.14. The van der Waals surface area contributed by atoms with Crippen LogP contribution < -0.4 is 0 Å². The summed E-state index contributed by atoms with van der Waals surface area (Å²) in [7, 11) is -1.23. The van der Waals surface area contributed by atoms with Crippen molar-refractivity contribution in [1.29, 1.82) is 0 Å². The summed E-state index contributed by atoms with van der Waals surface area (Å²) < 4.78 is 20.2. The van der Waals surface area contributed by atoms with E-state index in [0.717, 1.165) is 10.9 Å². The minimum Gasteiger partial charge on any atom is -0.361 e. The van der Waals surface area contributed by atoms with Crippen LogP contribution >= 0.6 is 15.9 Å². The summed E-state index contributed by atoms with van der Waals surface area (Å²) in [6.45, 7) is 7.19. The van der Waals surface area contributed by atoms with E-state index in [1.807, 2.05) is 0 Å². The average Bonchev–Trinajstić information content (AvgIpc) is 2.49. The molecule has 4 nitrogen and oxygen atoms in total. The minimum absolute atomic E-state index is 0.0474. The van der Waals surface area contributed by atoms with Crippen LogP contribution in [-0.4, -0.2) is 38.1 Å². The largest absolute Gasteiger partial charge is 0.361 e. The number of carbonyl (C=O) groups is 2. The van der Waals surface area contributed by atoms with Crippen molar-refractivity contribution in [2.45, 2.75) is 44.4 Å². The van der Waals surface area contributed by atoms with Gasteiger partial charge in [-0.25, -0.2) is 4.39 Å². The van der Waals surface area contributed by atoms with Crippen LogP contribution in [-0.2, 0) is 14.3 Å². The molecule has 1 atom stereocenters. The van der Waals surface area contributed by atoms with Crippen molar-refractivity contribution < 1.29 is 18.7 Å². The van der Waals surface area contributed by atoms with Gasteiger partial charge in [0.2, 0.25) is 11.8 Å². The monoisotopic (exact) mass is 415 g/mol. The molecule has 132 valence electrons. The number of amides is 2. The molecule has 1 aliphatic rings. The molecule has 7 heteroatoms. The van der Waals surface area contributed by atoms with Crippen LogP contribution in [0.1, 0.15) is 24.3 Å². The molecule has 0 saturated carbocycles. The van der Waals surface area contributed by atoms with Crippen LogP contribution in [0.25, 0.3) is 0 Å². The Labute approximate surface area is 151 Å². The van der Waals surface area contributed by atoms with Gasteiger partial charge < -0.3 is 4.74 Å². The van der Waals surface area contributed by atoms with E-state index < -0.39 is 19.8 Å². The fourth-order valence-electron chi connectivity index (χ4n) is 2.59. The van der Waals surface area contributed by atoms with Crippen LogP contribution in [0.3, 0.4) is 0 Å². The number of rotatable bonds is 6. The molecule has 0 aromatic heterocycles. The van der Waals surface area contributed by atoms with E-state index in [0.29, 0.717) is 23.1 Å². The topological polar surface area (TPSA) is 46.6 Å². The summed E-state index contributed by atoms with van der Waals surface area (Å²) in [5, 5.41) is 0. The van der Waals surface area contributed by atoms with E-state index in [-0.39, 0.29) is 25.0 Å². The van der Waals surface area contributed by atoms with Gasteiger partial charge in [0, 0.05) is 26.7 Å². The molecular formula is C17H23BrFNO3Si. The SMILES string of the molecule is C[Si](C)(C)CCOCN1C(=O)CCC(c2cccc(Br)c2F)C1=O. The van der Waals surface area contributed by atoms with E-state index in [4.69, 9.17) is 4.74 Å². The summed E-state index contributed by atoms with van der Waals surface area (Å²) in [6.07, 6.45) is 0.552. The van der Waals surface area contributed by atoms with Crippen molar-refractivity contribution in [2.75, 3.05) is 13.3 Å². The Morgan fingerprint density at radius 1 is 1.33 bits per heavy atom. The zero-order valence-corrected chi connectivity index (χ0v) is 16.9. The molecule has 24 heavy (non-hydrogen) atoms.